The van der Waals surface area contributed by atoms with Gasteiger partial charge in [0.05, 0.1) is 6.20 Å². The molecule has 0 unspecified atom stereocenters. The average molecular weight is 286 g/mol. The largest absolute Gasteiger partial charge is 0.305 e. The third kappa shape index (κ3) is 2.82. The van der Waals surface area contributed by atoms with E-state index in [2.05, 4.69) is 10.00 Å². The van der Waals surface area contributed by atoms with Gasteiger partial charge in [0.2, 0.25) is 0 Å². The van der Waals surface area contributed by atoms with Gasteiger partial charge in [-0.05, 0) is 32.5 Å². The minimum absolute atomic E-state index is 0.0346. The highest BCUT2D eigenvalue weighted by atomic mass is 32.2. The van der Waals surface area contributed by atoms with Crippen LogP contribution in [0, 0.1) is 0 Å². The molecule has 6 nitrogen and oxygen atoms in total. The van der Waals surface area contributed by atoms with E-state index in [1.165, 1.54) is 10.9 Å². The molecule has 0 aromatic carbocycles. The standard InChI is InChI=1S/C12H22N4O2S/c1-4-11-10-14(2)8-5-9-16(11)19(17,18)12-6-7-13-15(12)3/h6-7,11H,4-5,8-10H2,1-3H3/t11-/m1/s1. The molecule has 0 N–H and O–H groups in total. The third-order valence-corrected chi connectivity index (χ3v) is 5.70. The Morgan fingerprint density at radius 2 is 2.11 bits per heavy atom. The Labute approximate surface area is 115 Å². The molecule has 0 spiro atoms. The monoisotopic (exact) mass is 286 g/mol. The van der Waals surface area contributed by atoms with E-state index >= 15 is 0 Å². The Kier molecular flexibility index (Phi) is 4.27. The second-order valence-corrected chi connectivity index (χ2v) is 6.92. The van der Waals surface area contributed by atoms with Crippen molar-refractivity contribution in [2.24, 2.45) is 7.05 Å². The van der Waals surface area contributed by atoms with Crippen molar-refractivity contribution in [2.45, 2.75) is 30.8 Å². The first kappa shape index (κ1) is 14.5. The van der Waals surface area contributed by atoms with Gasteiger partial charge in [-0.25, -0.2) is 8.42 Å². The molecule has 2 rings (SSSR count). The number of aryl methyl sites for hydroxylation is 1. The van der Waals surface area contributed by atoms with Crippen LogP contribution in [-0.2, 0) is 17.1 Å². The second kappa shape index (κ2) is 5.60. The Balaban J connectivity index is 2.35. The van der Waals surface area contributed by atoms with Crippen molar-refractivity contribution in [3.05, 3.63) is 12.3 Å². The molecule has 108 valence electrons. The van der Waals surface area contributed by atoms with Crippen LogP contribution in [0.1, 0.15) is 19.8 Å². The summed E-state index contributed by atoms with van der Waals surface area (Å²) >= 11 is 0. The summed E-state index contributed by atoms with van der Waals surface area (Å²) in [6.45, 7) is 4.34. The molecule has 1 aliphatic heterocycles. The maximum atomic E-state index is 12.7. The number of nitrogens with zero attached hydrogens (tertiary/aromatic N) is 4. The van der Waals surface area contributed by atoms with Crippen molar-refractivity contribution in [1.82, 2.24) is 19.0 Å². The van der Waals surface area contributed by atoms with E-state index in [1.807, 2.05) is 14.0 Å². The molecule has 0 radical (unpaired) electrons. The van der Waals surface area contributed by atoms with E-state index in [1.54, 1.807) is 17.4 Å². The minimum Gasteiger partial charge on any atom is -0.305 e. The molecule has 0 bridgehead atoms. The van der Waals surface area contributed by atoms with Crippen molar-refractivity contribution in [1.29, 1.82) is 0 Å². The normalized spacial score (nSPS) is 23.4. The van der Waals surface area contributed by atoms with Crippen LogP contribution >= 0.6 is 0 Å². The van der Waals surface area contributed by atoms with Gasteiger partial charge in [-0.3, -0.25) is 4.68 Å². The van der Waals surface area contributed by atoms with Gasteiger partial charge in [0.1, 0.15) is 0 Å². The highest BCUT2D eigenvalue weighted by Gasteiger charge is 2.34. The zero-order valence-electron chi connectivity index (χ0n) is 11.8. The van der Waals surface area contributed by atoms with Gasteiger partial charge in [0.15, 0.2) is 5.03 Å². The van der Waals surface area contributed by atoms with Crippen LogP contribution in [0.25, 0.3) is 0 Å². The highest BCUT2D eigenvalue weighted by molar-refractivity contribution is 7.89. The molecule has 2 heterocycles. The van der Waals surface area contributed by atoms with E-state index in [4.69, 9.17) is 0 Å². The maximum absolute atomic E-state index is 12.7. The zero-order valence-corrected chi connectivity index (χ0v) is 12.6. The van der Waals surface area contributed by atoms with Gasteiger partial charge >= 0.3 is 0 Å². The molecule has 1 atom stereocenters. The lowest BCUT2D eigenvalue weighted by Gasteiger charge is -2.29. The zero-order chi connectivity index (χ0) is 14.0. The lowest BCUT2D eigenvalue weighted by Crippen LogP contribution is -2.43. The summed E-state index contributed by atoms with van der Waals surface area (Å²) in [7, 11) is 0.259. The number of aromatic nitrogens is 2. The molecular weight excluding hydrogens is 264 g/mol. The summed E-state index contributed by atoms with van der Waals surface area (Å²) in [5.74, 6) is 0. The first-order valence-corrected chi connectivity index (χ1v) is 8.09. The van der Waals surface area contributed by atoms with Crippen LogP contribution in [0.4, 0.5) is 0 Å². The Morgan fingerprint density at radius 3 is 2.68 bits per heavy atom. The van der Waals surface area contributed by atoms with Crippen LogP contribution in [-0.4, -0.2) is 60.1 Å². The predicted molar refractivity (Wildman–Crippen MR) is 73.3 cm³/mol. The Morgan fingerprint density at radius 1 is 1.37 bits per heavy atom. The van der Waals surface area contributed by atoms with Crippen LogP contribution in [0.2, 0.25) is 0 Å². The second-order valence-electron chi connectivity index (χ2n) is 5.09. The molecular formula is C12H22N4O2S. The van der Waals surface area contributed by atoms with Crippen molar-refractivity contribution >= 4 is 10.0 Å². The smallest absolute Gasteiger partial charge is 0.260 e. The fraction of sp³-hybridized carbons (Fsp3) is 0.750. The van der Waals surface area contributed by atoms with Crippen LogP contribution < -0.4 is 0 Å². The van der Waals surface area contributed by atoms with E-state index in [-0.39, 0.29) is 11.1 Å². The third-order valence-electron chi connectivity index (χ3n) is 3.67. The summed E-state index contributed by atoms with van der Waals surface area (Å²) < 4.78 is 28.6. The highest BCUT2D eigenvalue weighted by Crippen LogP contribution is 2.21. The predicted octanol–water partition coefficient (Wildman–Crippen LogP) is 0.525. The molecule has 1 aromatic heterocycles. The molecule has 1 fully saturated rings. The SMILES string of the molecule is CC[C@@H]1CN(C)CCCN1S(=O)(=O)c1ccnn1C. The van der Waals surface area contributed by atoms with Crippen LogP contribution in [0.15, 0.2) is 17.3 Å². The van der Waals surface area contributed by atoms with Gasteiger partial charge in [0.25, 0.3) is 10.0 Å². The quantitative estimate of drug-likeness (QED) is 0.813. The van der Waals surface area contributed by atoms with Crippen LogP contribution in [0.5, 0.6) is 0 Å². The van der Waals surface area contributed by atoms with Crippen molar-refractivity contribution < 1.29 is 8.42 Å². The van der Waals surface area contributed by atoms with Crippen LogP contribution in [0.3, 0.4) is 0 Å². The lowest BCUT2D eigenvalue weighted by molar-refractivity contribution is 0.269. The molecule has 0 amide bonds. The number of sulfonamides is 1. The Hall–Kier alpha value is -0.920. The van der Waals surface area contributed by atoms with Gasteiger partial charge < -0.3 is 4.90 Å². The van der Waals surface area contributed by atoms with Gasteiger partial charge in [-0.15, -0.1) is 0 Å². The summed E-state index contributed by atoms with van der Waals surface area (Å²) in [5, 5.41) is 4.24. The van der Waals surface area contributed by atoms with Gasteiger partial charge in [0, 0.05) is 26.2 Å². The van der Waals surface area contributed by atoms with E-state index < -0.39 is 10.0 Å². The van der Waals surface area contributed by atoms with E-state index in [9.17, 15) is 8.42 Å². The molecule has 7 heteroatoms. The molecule has 0 saturated carbocycles. The Bertz CT molecular complexity index is 526. The summed E-state index contributed by atoms with van der Waals surface area (Å²) in [6.07, 6.45) is 3.21. The lowest BCUT2D eigenvalue weighted by atomic mass is 10.2. The van der Waals surface area contributed by atoms with E-state index in [0.29, 0.717) is 6.54 Å². The summed E-state index contributed by atoms with van der Waals surface area (Å²) in [4.78, 5) is 2.20. The molecule has 1 saturated heterocycles. The summed E-state index contributed by atoms with van der Waals surface area (Å²) in [6, 6.07) is 1.60. The van der Waals surface area contributed by atoms with Crippen molar-refractivity contribution in [3.8, 4) is 0 Å². The minimum atomic E-state index is -3.45. The number of hydrogen-bond acceptors (Lipinski definition) is 4. The van der Waals surface area contributed by atoms with Crippen molar-refractivity contribution in [2.75, 3.05) is 26.7 Å². The maximum Gasteiger partial charge on any atom is 0.260 e. The summed E-state index contributed by atoms with van der Waals surface area (Å²) in [5.41, 5.74) is 0. The first-order valence-electron chi connectivity index (χ1n) is 6.65. The van der Waals surface area contributed by atoms with Gasteiger partial charge in [-0.2, -0.15) is 9.40 Å². The molecule has 1 aliphatic rings. The molecule has 1 aromatic rings. The van der Waals surface area contributed by atoms with Crippen molar-refractivity contribution in [3.63, 3.8) is 0 Å². The fourth-order valence-electron chi connectivity index (χ4n) is 2.61. The topological polar surface area (TPSA) is 58.4 Å². The first-order chi connectivity index (χ1) is 8.96. The number of hydrogen-bond donors (Lipinski definition) is 0. The van der Waals surface area contributed by atoms with Gasteiger partial charge in [-0.1, -0.05) is 6.92 Å². The average Bonchev–Trinajstić information content (AvgIpc) is 2.69. The molecule has 0 aliphatic carbocycles. The number of likely N-dealkylation sites (N-methyl/N-ethyl adjacent to an activating group) is 1. The van der Waals surface area contributed by atoms with E-state index in [0.717, 1.165) is 25.9 Å². The number of rotatable bonds is 3. The fourth-order valence-corrected chi connectivity index (χ4v) is 4.44. The molecule has 19 heavy (non-hydrogen) atoms.